The number of fused-ring (bicyclic) bond motifs is 1. The van der Waals surface area contributed by atoms with E-state index in [9.17, 15) is 4.79 Å². The normalized spacial score (nSPS) is 25.9. The number of likely N-dealkylation sites (N-methyl/N-ethyl adjacent to an activating group) is 1. The van der Waals surface area contributed by atoms with Crippen molar-refractivity contribution in [2.24, 2.45) is 5.92 Å². The third kappa shape index (κ3) is 2.78. The quantitative estimate of drug-likeness (QED) is 0.842. The molecule has 0 bridgehead atoms. The highest BCUT2D eigenvalue weighted by molar-refractivity contribution is 8.02. The molecule has 3 rings (SSSR count). The molecule has 2 atom stereocenters. The molecule has 1 fully saturated rings. The third-order valence-electron chi connectivity index (χ3n) is 4.32. The molecular weight excluding hydrogens is 266 g/mol. The Balaban J connectivity index is 1.73. The Morgan fingerprint density at radius 2 is 1.95 bits per heavy atom. The van der Waals surface area contributed by atoms with Gasteiger partial charge < -0.3 is 4.90 Å². The van der Waals surface area contributed by atoms with Crippen molar-refractivity contribution in [3.63, 3.8) is 0 Å². The van der Waals surface area contributed by atoms with Gasteiger partial charge >= 0.3 is 0 Å². The maximum atomic E-state index is 12.7. The zero-order valence-electron chi connectivity index (χ0n) is 11.9. The number of hydrogen-bond acceptors (Lipinski definition) is 3. The summed E-state index contributed by atoms with van der Waals surface area (Å²) in [4.78, 5) is 14.8. The van der Waals surface area contributed by atoms with Crippen molar-refractivity contribution >= 4 is 17.5 Å². The van der Waals surface area contributed by atoms with Crippen LogP contribution in [0.2, 0.25) is 0 Å². The summed E-state index contributed by atoms with van der Waals surface area (Å²) in [5.41, 5.74) is 2.15. The van der Waals surface area contributed by atoms with Gasteiger partial charge in [-0.3, -0.25) is 4.79 Å². The average molecular weight is 287 g/mol. The number of allylic oxidation sites excluding steroid dienone is 1. The van der Waals surface area contributed by atoms with Crippen LogP contribution in [0.15, 0.2) is 41.4 Å². The van der Waals surface area contributed by atoms with Gasteiger partial charge in [0.1, 0.15) is 0 Å². The lowest BCUT2D eigenvalue weighted by Gasteiger charge is -2.35. The topological polar surface area (TPSA) is 20.3 Å². The van der Waals surface area contributed by atoms with Gasteiger partial charge in [0.05, 0.1) is 5.70 Å². The number of ketones is 1. The van der Waals surface area contributed by atoms with Gasteiger partial charge in [-0.2, -0.15) is 0 Å². The van der Waals surface area contributed by atoms with Crippen LogP contribution in [0.1, 0.15) is 31.2 Å². The summed E-state index contributed by atoms with van der Waals surface area (Å²) in [5.74, 6) is 0.624. The lowest BCUT2D eigenvalue weighted by molar-refractivity contribution is -0.121. The van der Waals surface area contributed by atoms with Gasteiger partial charge in [-0.15, -0.1) is 11.8 Å². The molecule has 2 unspecified atom stereocenters. The summed E-state index contributed by atoms with van der Waals surface area (Å²) in [6.07, 6.45) is 4.77. The molecule has 1 aliphatic carbocycles. The molecule has 1 saturated carbocycles. The van der Waals surface area contributed by atoms with Crippen molar-refractivity contribution in [3.8, 4) is 0 Å². The van der Waals surface area contributed by atoms with E-state index in [1.165, 1.54) is 24.8 Å². The van der Waals surface area contributed by atoms with Crippen LogP contribution in [0.25, 0.3) is 0 Å². The Labute approximate surface area is 125 Å². The zero-order chi connectivity index (χ0) is 13.9. The van der Waals surface area contributed by atoms with Crippen LogP contribution in [0.4, 0.5) is 0 Å². The van der Waals surface area contributed by atoms with Gasteiger partial charge in [0, 0.05) is 24.8 Å². The van der Waals surface area contributed by atoms with Gasteiger partial charge in [-0.25, -0.2) is 0 Å². The molecule has 2 nitrogen and oxygen atoms in total. The van der Waals surface area contributed by atoms with Crippen LogP contribution in [-0.2, 0) is 11.3 Å². The van der Waals surface area contributed by atoms with Gasteiger partial charge in [-0.05, 0) is 23.8 Å². The van der Waals surface area contributed by atoms with E-state index in [1.807, 2.05) is 37.0 Å². The Kier molecular flexibility index (Phi) is 4.16. The number of thioether (sulfide) groups is 1. The van der Waals surface area contributed by atoms with Crippen molar-refractivity contribution in [1.29, 1.82) is 0 Å². The molecule has 106 valence electrons. The third-order valence-corrected chi connectivity index (χ3v) is 5.59. The highest BCUT2D eigenvalue weighted by Gasteiger charge is 2.36. The largest absolute Gasteiger partial charge is 0.367 e. The highest BCUT2D eigenvalue weighted by Crippen LogP contribution is 2.40. The van der Waals surface area contributed by atoms with Gasteiger partial charge in [0.2, 0.25) is 0 Å². The SMILES string of the molecule is CN(Cc1ccccc1)C1=CSC2CCCCC2C1=O. The van der Waals surface area contributed by atoms with Crippen molar-refractivity contribution in [1.82, 2.24) is 4.90 Å². The predicted octanol–water partition coefficient (Wildman–Crippen LogP) is 3.83. The number of benzene rings is 1. The summed E-state index contributed by atoms with van der Waals surface area (Å²) in [7, 11) is 2.03. The summed E-state index contributed by atoms with van der Waals surface area (Å²) in [5, 5.41) is 2.63. The molecule has 0 radical (unpaired) electrons. The average Bonchev–Trinajstić information content (AvgIpc) is 2.49. The summed E-state index contributed by atoms with van der Waals surface area (Å²) >= 11 is 1.87. The summed E-state index contributed by atoms with van der Waals surface area (Å²) < 4.78 is 0. The number of carbonyl (C=O) groups is 1. The Morgan fingerprint density at radius 3 is 2.75 bits per heavy atom. The molecule has 0 N–H and O–H groups in total. The van der Waals surface area contributed by atoms with Crippen LogP contribution in [0.3, 0.4) is 0 Å². The van der Waals surface area contributed by atoms with Crippen LogP contribution >= 0.6 is 11.8 Å². The molecule has 1 aliphatic heterocycles. The maximum absolute atomic E-state index is 12.7. The Hall–Kier alpha value is -1.22. The smallest absolute Gasteiger partial charge is 0.183 e. The van der Waals surface area contributed by atoms with E-state index in [4.69, 9.17) is 0 Å². The van der Waals surface area contributed by atoms with Crippen molar-refractivity contribution in [2.45, 2.75) is 37.5 Å². The minimum Gasteiger partial charge on any atom is -0.367 e. The first-order chi connectivity index (χ1) is 9.75. The molecule has 1 aromatic rings. The van der Waals surface area contributed by atoms with E-state index >= 15 is 0 Å². The minimum atomic E-state index is 0.256. The van der Waals surface area contributed by atoms with Crippen LogP contribution < -0.4 is 0 Å². The molecule has 1 heterocycles. The molecule has 3 heteroatoms. The second-order valence-corrected chi connectivity index (χ2v) is 6.89. The first kappa shape index (κ1) is 13.7. The lowest BCUT2D eigenvalue weighted by atomic mass is 9.84. The fourth-order valence-electron chi connectivity index (χ4n) is 3.18. The molecule has 0 saturated heterocycles. The molecule has 0 aromatic heterocycles. The number of hydrogen-bond donors (Lipinski definition) is 0. The number of Topliss-reactive ketones (excluding diaryl/α,β-unsaturated/α-hetero) is 1. The fraction of sp³-hybridized carbons (Fsp3) is 0.471. The minimum absolute atomic E-state index is 0.256. The lowest BCUT2D eigenvalue weighted by Crippen LogP contribution is -2.37. The summed E-state index contributed by atoms with van der Waals surface area (Å²) in [6.45, 7) is 0.802. The molecule has 2 aliphatic rings. The zero-order valence-corrected chi connectivity index (χ0v) is 12.7. The monoisotopic (exact) mass is 287 g/mol. The van der Waals surface area contributed by atoms with Crippen LogP contribution in [0.5, 0.6) is 0 Å². The van der Waals surface area contributed by atoms with Crippen LogP contribution in [-0.4, -0.2) is 23.0 Å². The Bertz CT molecular complexity index is 511. The second kappa shape index (κ2) is 6.04. The molecular formula is C17H21NOS. The first-order valence-electron chi connectivity index (χ1n) is 7.40. The predicted molar refractivity (Wildman–Crippen MR) is 84.3 cm³/mol. The first-order valence-corrected chi connectivity index (χ1v) is 8.35. The number of rotatable bonds is 3. The van der Waals surface area contributed by atoms with Crippen molar-refractivity contribution in [3.05, 3.63) is 47.0 Å². The van der Waals surface area contributed by atoms with E-state index in [2.05, 4.69) is 22.4 Å². The van der Waals surface area contributed by atoms with E-state index in [-0.39, 0.29) is 5.92 Å². The molecule has 1 aromatic carbocycles. The van der Waals surface area contributed by atoms with E-state index in [0.717, 1.165) is 18.7 Å². The van der Waals surface area contributed by atoms with Gasteiger partial charge in [-0.1, -0.05) is 43.2 Å². The maximum Gasteiger partial charge on any atom is 0.183 e. The molecule has 0 spiro atoms. The highest BCUT2D eigenvalue weighted by atomic mass is 32.2. The standard InChI is InChI=1S/C17H21NOS/c1-18(11-13-7-3-2-4-8-13)15-12-20-16-10-6-5-9-14(16)17(15)19/h2-4,7-8,12,14,16H,5-6,9-11H2,1H3. The fourth-order valence-corrected chi connectivity index (χ4v) is 4.53. The second-order valence-electron chi connectivity index (χ2n) is 5.77. The number of carbonyl (C=O) groups excluding carboxylic acids is 1. The van der Waals surface area contributed by atoms with Crippen molar-refractivity contribution in [2.75, 3.05) is 7.05 Å². The van der Waals surface area contributed by atoms with Gasteiger partial charge in [0.25, 0.3) is 0 Å². The summed E-state index contributed by atoms with van der Waals surface area (Å²) in [6, 6.07) is 10.3. The van der Waals surface area contributed by atoms with E-state index < -0.39 is 0 Å². The van der Waals surface area contributed by atoms with Gasteiger partial charge in [0.15, 0.2) is 5.78 Å². The van der Waals surface area contributed by atoms with Crippen LogP contribution in [0, 0.1) is 5.92 Å². The van der Waals surface area contributed by atoms with E-state index in [0.29, 0.717) is 11.0 Å². The number of nitrogens with zero attached hydrogens (tertiary/aromatic N) is 1. The van der Waals surface area contributed by atoms with E-state index in [1.54, 1.807) is 0 Å². The molecule has 0 amide bonds. The van der Waals surface area contributed by atoms with Crippen molar-refractivity contribution < 1.29 is 4.79 Å². The molecule has 20 heavy (non-hydrogen) atoms. The Morgan fingerprint density at radius 1 is 1.20 bits per heavy atom.